The number of hydrogen-bond acceptors (Lipinski definition) is 10. The Bertz CT molecular complexity index is 1370. The van der Waals surface area contributed by atoms with Crippen LogP contribution in [0, 0.1) is 0 Å². The molecule has 12 heteroatoms. The monoisotopic (exact) mass is 538 g/mol. The molecular weight excluding hydrogens is 508 g/mol. The number of carbonyl (C=O) groups excluding carboxylic acids is 2. The molecule has 2 unspecified atom stereocenters. The Morgan fingerprint density at radius 3 is 1.55 bits per heavy atom. The van der Waals surface area contributed by atoms with Gasteiger partial charge in [-0.1, -0.05) is 18.6 Å². The van der Waals surface area contributed by atoms with Gasteiger partial charge in [-0.25, -0.2) is 9.97 Å². The predicted molar refractivity (Wildman–Crippen MR) is 150 cm³/mol. The molecule has 0 aromatic carbocycles. The largest absolute Gasteiger partial charge is 0.384 e. The van der Waals surface area contributed by atoms with Crippen molar-refractivity contribution in [3.63, 3.8) is 0 Å². The van der Waals surface area contributed by atoms with Crippen molar-refractivity contribution in [1.29, 1.82) is 0 Å². The second-order valence-corrected chi connectivity index (χ2v) is 9.80. The van der Waals surface area contributed by atoms with E-state index in [0.717, 1.165) is 37.1 Å². The van der Waals surface area contributed by atoms with Gasteiger partial charge in [-0.3, -0.25) is 9.59 Å². The Kier molecular flexibility index (Phi) is 8.14. The summed E-state index contributed by atoms with van der Waals surface area (Å²) in [6.07, 6.45) is 4.08. The van der Waals surface area contributed by atoms with E-state index in [9.17, 15) is 9.59 Å². The fourth-order valence-corrected chi connectivity index (χ4v) is 4.88. The number of anilines is 4. The summed E-state index contributed by atoms with van der Waals surface area (Å²) in [5.74, 6) is 1.49. The molecule has 1 aliphatic rings. The molecule has 6 N–H and O–H groups in total. The minimum Gasteiger partial charge on any atom is -0.384 e. The van der Waals surface area contributed by atoms with Crippen molar-refractivity contribution in [2.75, 3.05) is 22.1 Å². The Morgan fingerprint density at radius 2 is 1.15 bits per heavy atom. The van der Waals surface area contributed by atoms with E-state index in [-0.39, 0.29) is 36.5 Å². The van der Waals surface area contributed by atoms with Crippen LogP contribution in [-0.4, -0.2) is 42.2 Å². The quantitative estimate of drug-likeness (QED) is 0.260. The van der Waals surface area contributed by atoms with Gasteiger partial charge in [0.05, 0.1) is 35.6 Å². The first kappa shape index (κ1) is 26.6. The van der Waals surface area contributed by atoms with E-state index in [4.69, 9.17) is 11.5 Å². The first-order valence-electron chi connectivity index (χ1n) is 13.1. The van der Waals surface area contributed by atoms with Gasteiger partial charge in [-0.15, -0.1) is 10.2 Å². The molecule has 0 radical (unpaired) electrons. The maximum Gasteiger partial charge on any atom is 0.231 e. The van der Waals surface area contributed by atoms with Gasteiger partial charge in [0.25, 0.3) is 0 Å². The summed E-state index contributed by atoms with van der Waals surface area (Å²) in [4.78, 5) is 33.0. The lowest BCUT2D eigenvalue weighted by Gasteiger charge is -2.28. The van der Waals surface area contributed by atoms with E-state index < -0.39 is 0 Å². The molecule has 4 aromatic rings. The molecule has 12 nitrogen and oxygen atoms in total. The number of nitrogen functional groups attached to an aromatic ring is 2. The molecule has 0 saturated heterocycles. The van der Waals surface area contributed by atoms with Gasteiger partial charge in [-0.05, 0) is 67.8 Å². The van der Waals surface area contributed by atoms with Crippen LogP contribution in [0.15, 0.2) is 60.7 Å². The van der Waals surface area contributed by atoms with Crippen LogP contribution >= 0.6 is 0 Å². The normalized spacial score (nSPS) is 16.7. The fraction of sp³-hybridized carbons (Fsp3) is 0.286. The number of aromatic nitrogens is 6. The fourth-order valence-electron chi connectivity index (χ4n) is 4.88. The number of pyridine rings is 2. The van der Waals surface area contributed by atoms with E-state index >= 15 is 0 Å². The predicted octanol–water partition coefficient (Wildman–Crippen LogP) is 3.02. The third-order valence-electron chi connectivity index (χ3n) is 6.76. The molecule has 5 rings (SSSR count). The number of nitrogens with two attached hydrogens (primary N) is 2. The van der Waals surface area contributed by atoms with Crippen molar-refractivity contribution in [1.82, 2.24) is 30.4 Å². The highest BCUT2D eigenvalue weighted by atomic mass is 16.2. The van der Waals surface area contributed by atoms with Crippen LogP contribution in [0.25, 0.3) is 0 Å². The average molecular weight is 539 g/mol. The Labute approximate surface area is 231 Å². The van der Waals surface area contributed by atoms with Gasteiger partial charge in [0, 0.05) is 11.8 Å². The van der Waals surface area contributed by atoms with Crippen LogP contribution < -0.4 is 22.1 Å². The molecule has 204 valence electrons. The van der Waals surface area contributed by atoms with Gasteiger partial charge >= 0.3 is 0 Å². The minimum atomic E-state index is -0.238. The van der Waals surface area contributed by atoms with Gasteiger partial charge in [0.15, 0.2) is 11.6 Å². The van der Waals surface area contributed by atoms with Crippen LogP contribution in [0.5, 0.6) is 0 Å². The Hall–Kier alpha value is -5.00. The third kappa shape index (κ3) is 7.10. The highest BCUT2D eigenvalue weighted by Gasteiger charge is 2.27. The van der Waals surface area contributed by atoms with E-state index in [1.807, 2.05) is 12.1 Å². The first-order valence-corrected chi connectivity index (χ1v) is 13.1. The molecule has 0 spiro atoms. The molecule has 40 heavy (non-hydrogen) atoms. The van der Waals surface area contributed by atoms with Crippen LogP contribution in [0.1, 0.15) is 60.3 Å². The molecule has 2 atom stereocenters. The molecule has 0 aliphatic heterocycles. The number of rotatable bonds is 8. The zero-order chi connectivity index (χ0) is 27.9. The highest BCUT2D eigenvalue weighted by Crippen LogP contribution is 2.40. The van der Waals surface area contributed by atoms with Crippen molar-refractivity contribution in [3.05, 3.63) is 83.4 Å². The summed E-state index contributed by atoms with van der Waals surface area (Å²) in [5.41, 5.74) is 14.3. The van der Waals surface area contributed by atoms with Crippen LogP contribution in [0.3, 0.4) is 0 Å². The summed E-state index contributed by atoms with van der Waals surface area (Å²) >= 11 is 0. The Morgan fingerprint density at radius 1 is 0.675 bits per heavy atom. The van der Waals surface area contributed by atoms with Gasteiger partial charge in [0.2, 0.25) is 11.8 Å². The van der Waals surface area contributed by atoms with E-state index in [1.54, 1.807) is 48.5 Å². The van der Waals surface area contributed by atoms with Gasteiger partial charge in [-0.2, -0.15) is 10.2 Å². The molecular formula is C28H30N10O2. The number of carbonyl (C=O) groups is 2. The van der Waals surface area contributed by atoms with Crippen LogP contribution in [-0.2, 0) is 22.4 Å². The van der Waals surface area contributed by atoms with Crippen molar-refractivity contribution >= 4 is 35.1 Å². The standard InChI is InChI=1S/C28H30N10O2/c29-23-8-2-6-19(31-23)15-27(39)33-25-12-10-21(35-37-25)17-4-1-5-18(14-17)22-11-13-26(38-36-22)34-28(40)16-20-7-3-9-24(30)32-20/h2-3,6-13,17-18H,1,4-5,14-16H2,(H2,29,31)(H2,30,32)(H,33,37,39)(H,34,38,40). The maximum atomic E-state index is 12.4. The van der Waals surface area contributed by atoms with E-state index in [2.05, 4.69) is 41.0 Å². The molecule has 2 amide bonds. The Balaban J connectivity index is 1.14. The van der Waals surface area contributed by atoms with E-state index in [0.29, 0.717) is 34.7 Å². The van der Waals surface area contributed by atoms with Gasteiger partial charge in [0.1, 0.15) is 11.6 Å². The van der Waals surface area contributed by atoms with Crippen molar-refractivity contribution in [2.24, 2.45) is 0 Å². The summed E-state index contributed by atoms with van der Waals surface area (Å²) in [5, 5.41) is 22.7. The molecule has 4 aromatic heterocycles. The number of amides is 2. The van der Waals surface area contributed by atoms with Crippen LogP contribution in [0.2, 0.25) is 0 Å². The molecule has 1 saturated carbocycles. The summed E-state index contributed by atoms with van der Waals surface area (Å²) < 4.78 is 0. The topological polar surface area (TPSA) is 188 Å². The summed E-state index contributed by atoms with van der Waals surface area (Å²) in [6, 6.07) is 17.7. The first-order chi connectivity index (χ1) is 19.4. The molecule has 4 heterocycles. The maximum absolute atomic E-state index is 12.4. The lowest BCUT2D eigenvalue weighted by Crippen LogP contribution is -2.19. The lowest BCUT2D eigenvalue weighted by molar-refractivity contribution is -0.116. The second-order valence-electron chi connectivity index (χ2n) is 9.80. The molecule has 0 bridgehead atoms. The summed E-state index contributed by atoms with van der Waals surface area (Å²) in [7, 11) is 0. The molecule has 1 fully saturated rings. The smallest absolute Gasteiger partial charge is 0.231 e. The third-order valence-corrected chi connectivity index (χ3v) is 6.76. The van der Waals surface area contributed by atoms with Gasteiger partial charge < -0.3 is 22.1 Å². The van der Waals surface area contributed by atoms with Crippen molar-refractivity contribution in [2.45, 2.75) is 50.4 Å². The summed E-state index contributed by atoms with van der Waals surface area (Å²) in [6.45, 7) is 0. The number of nitrogens with zero attached hydrogens (tertiary/aromatic N) is 6. The van der Waals surface area contributed by atoms with Crippen molar-refractivity contribution in [3.8, 4) is 0 Å². The highest BCUT2D eigenvalue weighted by molar-refractivity contribution is 5.91. The zero-order valence-corrected chi connectivity index (χ0v) is 21.8. The lowest BCUT2D eigenvalue weighted by atomic mass is 9.78. The number of nitrogens with one attached hydrogen (secondary N) is 2. The average Bonchev–Trinajstić information content (AvgIpc) is 2.94. The van der Waals surface area contributed by atoms with Crippen LogP contribution in [0.4, 0.5) is 23.3 Å². The van der Waals surface area contributed by atoms with Crippen molar-refractivity contribution < 1.29 is 9.59 Å². The second kappa shape index (κ2) is 12.2. The molecule has 1 aliphatic carbocycles. The SMILES string of the molecule is Nc1cccc(CC(=O)Nc2ccc(C3CCCC(c4ccc(NC(=O)Cc5cccc(N)n5)nn4)C3)nn2)n1. The minimum absolute atomic E-state index is 0.0989. The number of hydrogen-bond donors (Lipinski definition) is 4. The van der Waals surface area contributed by atoms with E-state index in [1.165, 1.54) is 0 Å². The zero-order valence-electron chi connectivity index (χ0n) is 21.8.